The van der Waals surface area contributed by atoms with Crippen LogP contribution in [0.2, 0.25) is 0 Å². The number of allylic oxidation sites excluding steroid dienone is 3. The zero-order valence-corrected chi connectivity index (χ0v) is 13.9. The topological polar surface area (TPSA) is 0 Å². The van der Waals surface area contributed by atoms with E-state index in [9.17, 15) is 0 Å². The maximum absolute atomic E-state index is 4.09. The summed E-state index contributed by atoms with van der Waals surface area (Å²) in [6.45, 7) is 14.1. The van der Waals surface area contributed by atoms with Crippen molar-refractivity contribution in [2.75, 3.05) is 0 Å². The molecule has 0 aromatic rings. The van der Waals surface area contributed by atoms with E-state index in [0.29, 0.717) is 16.2 Å². The summed E-state index contributed by atoms with van der Waals surface area (Å²) >= 11 is 0. The molecule has 0 heterocycles. The molecule has 0 heteroatoms. The van der Waals surface area contributed by atoms with Crippen molar-refractivity contribution in [3.63, 3.8) is 0 Å². The van der Waals surface area contributed by atoms with Crippen molar-refractivity contribution in [1.82, 2.24) is 0 Å². The Hall–Kier alpha value is -0.520. The Bertz CT molecular complexity index is 429. The molecule has 0 aliphatic heterocycles. The average Bonchev–Trinajstić information content (AvgIpc) is 2.37. The van der Waals surface area contributed by atoms with Gasteiger partial charge in [0.1, 0.15) is 0 Å². The zero-order chi connectivity index (χ0) is 14.6. The monoisotopic (exact) mass is 272 g/mol. The summed E-state index contributed by atoms with van der Waals surface area (Å²) in [5, 5.41) is 0. The summed E-state index contributed by atoms with van der Waals surface area (Å²) in [5.41, 5.74) is 1.41. The zero-order valence-electron chi connectivity index (χ0n) is 13.9. The van der Waals surface area contributed by atoms with E-state index in [-0.39, 0.29) is 0 Å². The van der Waals surface area contributed by atoms with Gasteiger partial charge in [0.05, 0.1) is 0 Å². The van der Waals surface area contributed by atoms with Crippen molar-refractivity contribution < 1.29 is 0 Å². The molecule has 0 bridgehead atoms. The maximum atomic E-state index is 4.09. The standard InChI is InChI=1S/C20H32/c1-6-19(4)13-10-16-15(14-19)8-9-17-18(2,3)11-7-12-20(16,17)5/h6,8-9,15-17H,1,7,10-14H2,2-5H3/t15-,16-,17?,19-,20+/m0/s1. The van der Waals surface area contributed by atoms with Gasteiger partial charge in [-0.1, -0.05) is 52.3 Å². The summed E-state index contributed by atoms with van der Waals surface area (Å²) in [7, 11) is 0. The van der Waals surface area contributed by atoms with Crippen LogP contribution < -0.4 is 0 Å². The van der Waals surface area contributed by atoms with Crippen LogP contribution in [0.15, 0.2) is 24.8 Å². The fraction of sp³-hybridized carbons (Fsp3) is 0.800. The Morgan fingerprint density at radius 1 is 1.05 bits per heavy atom. The van der Waals surface area contributed by atoms with Crippen LogP contribution in [-0.2, 0) is 0 Å². The number of hydrogen-bond donors (Lipinski definition) is 0. The highest BCUT2D eigenvalue weighted by Crippen LogP contribution is 2.63. The van der Waals surface area contributed by atoms with Gasteiger partial charge in [0, 0.05) is 0 Å². The lowest BCUT2D eigenvalue weighted by molar-refractivity contribution is -0.0611. The first-order chi connectivity index (χ1) is 9.31. The van der Waals surface area contributed by atoms with Gasteiger partial charge in [0.2, 0.25) is 0 Å². The van der Waals surface area contributed by atoms with Gasteiger partial charge in [-0.3, -0.25) is 0 Å². The summed E-state index contributed by atoms with van der Waals surface area (Å²) in [4.78, 5) is 0. The molecule has 0 saturated heterocycles. The lowest BCUT2D eigenvalue weighted by Crippen LogP contribution is -2.51. The molecule has 0 radical (unpaired) electrons. The molecule has 20 heavy (non-hydrogen) atoms. The van der Waals surface area contributed by atoms with E-state index in [4.69, 9.17) is 0 Å². The molecule has 3 rings (SSSR count). The van der Waals surface area contributed by atoms with Gasteiger partial charge >= 0.3 is 0 Å². The van der Waals surface area contributed by atoms with Crippen molar-refractivity contribution in [3.8, 4) is 0 Å². The van der Waals surface area contributed by atoms with Crippen LogP contribution in [0.5, 0.6) is 0 Å². The molecular weight excluding hydrogens is 240 g/mol. The first-order valence-electron chi connectivity index (χ1n) is 8.63. The van der Waals surface area contributed by atoms with Gasteiger partial charge in [-0.15, -0.1) is 6.58 Å². The Balaban J connectivity index is 1.94. The minimum atomic E-state index is 0.374. The molecule has 0 spiro atoms. The van der Waals surface area contributed by atoms with Gasteiger partial charge in [0.15, 0.2) is 0 Å². The quantitative estimate of drug-likeness (QED) is 0.514. The van der Waals surface area contributed by atoms with Gasteiger partial charge < -0.3 is 0 Å². The Morgan fingerprint density at radius 3 is 2.50 bits per heavy atom. The van der Waals surface area contributed by atoms with E-state index in [2.05, 4.69) is 52.5 Å². The number of rotatable bonds is 1. The van der Waals surface area contributed by atoms with E-state index in [0.717, 1.165) is 17.8 Å². The molecule has 1 unspecified atom stereocenters. The third-order valence-electron chi connectivity index (χ3n) is 7.22. The Labute approximate surface area is 125 Å². The normalized spacial score (nSPS) is 50.1. The van der Waals surface area contributed by atoms with E-state index in [1.54, 1.807) is 0 Å². The largest absolute Gasteiger partial charge is 0.103 e. The third kappa shape index (κ3) is 2.02. The summed E-state index contributed by atoms with van der Waals surface area (Å²) in [6, 6.07) is 0. The fourth-order valence-electron chi connectivity index (χ4n) is 5.97. The molecule has 0 aromatic heterocycles. The van der Waals surface area contributed by atoms with Gasteiger partial charge in [-0.2, -0.15) is 0 Å². The van der Waals surface area contributed by atoms with E-state index in [1.165, 1.54) is 38.5 Å². The van der Waals surface area contributed by atoms with Crippen LogP contribution in [0.3, 0.4) is 0 Å². The summed E-state index contributed by atoms with van der Waals surface area (Å²) < 4.78 is 0. The molecule has 5 atom stereocenters. The van der Waals surface area contributed by atoms with E-state index < -0.39 is 0 Å². The van der Waals surface area contributed by atoms with Crippen LogP contribution in [0, 0.1) is 34.0 Å². The highest BCUT2D eigenvalue weighted by Gasteiger charge is 2.54. The van der Waals surface area contributed by atoms with Crippen LogP contribution in [0.25, 0.3) is 0 Å². The predicted molar refractivity (Wildman–Crippen MR) is 87.5 cm³/mol. The molecular formula is C20H32. The Kier molecular flexibility index (Phi) is 3.23. The molecule has 2 saturated carbocycles. The Morgan fingerprint density at radius 2 is 1.80 bits per heavy atom. The van der Waals surface area contributed by atoms with E-state index in [1.807, 2.05) is 0 Å². The highest BCUT2D eigenvalue weighted by atomic mass is 14.6. The second kappa shape index (κ2) is 4.49. The molecule has 112 valence electrons. The SMILES string of the molecule is C=C[C@@]1(C)CC[C@H]2[C@@H](C=CC3C(C)(C)CCC[C@@]32C)C1. The molecule has 0 aromatic carbocycles. The van der Waals surface area contributed by atoms with Crippen LogP contribution >= 0.6 is 0 Å². The minimum Gasteiger partial charge on any atom is -0.103 e. The first-order valence-corrected chi connectivity index (χ1v) is 8.63. The first kappa shape index (κ1) is 14.4. The van der Waals surface area contributed by atoms with Crippen molar-refractivity contribution in [3.05, 3.63) is 24.8 Å². The number of hydrogen-bond acceptors (Lipinski definition) is 0. The lowest BCUT2D eigenvalue weighted by Gasteiger charge is -2.59. The third-order valence-corrected chi connectivity index (χ3v) is 7.22. The van der Waals surface area contributed by atoms with Crippen LogP contribution in [0.1, 0.15) is 66.2 Å². The molecule has 0 N–H and O–H groups in total. The van der Waals surface area contributed by atoms with Crippen LogP contribution in [0.4, 0.5) is 0 Å². The predicted octanol–water partition coefficient (Wildman–Crippen LogP) is 6.00. The van der Waals surface area contributed by atoms with Crippen molar-refractivity contribution in [2.45, 2.75) is 66.2 Å². The van der Waals surface area contributed by atoms with Crippen molar-refractivity contribution in [1.29, 1.82) is 0 Å². The summed E-state index contributed by atoms with van der Waals surface area (Å²) in [5.74, 6) is 2.49. The van der Waals surface area contributed by atoms with Crippen molar-refractivity contribution >= 4 is 0 Å². The number of fused-ring (bicyclic) bond motifs is 3. The molecule has 0 amide bonds. The summed E-state index contributed by atoms with van der Waals surface area (Å²) in [6.07, 6.45) is 15.7. The van der Waals surface area contributed by atoms with Gasteiger partial charge in [-0.05, 0) is 66.1 Å². The molecule has 0 nitrogen and oxygen atoms in total. The molecule has 3 aliphatic carbocycles. The lowest BCUT2D eigenvalue weighted by atomic mass is 9.45. The van der Waals surface area contributed by atoms with Crippen molar-refractivity contribution in [2.24, 2.45) is 34.0 Å². The average molecular weight is 272 g/mol. The second-order valence-corrected chi connectivity index (χ2v) is 9.08. The minimum absolute atomic E-state index is 0.374. The molecule has 3 aliphatic rings. The maximum Gasteiger partial charge on any atom is -0.0125 e. The molecule has 2 fully saturated rings. The second-order valence-electron chi connectivity index (χ2n) is 9.08. The van der Waals surface area contributed by atoms with Crippen LogP contribution in [-0.4, -0.2) is 0 Å². The van der Waals surface area contributed by atoms with Gasteiger partial charge in [0.25, 0.3) is 0 Å². The van der Waals surface area contributed by atoms with Gasteiger partial charge in [-0.25, -0.2) is 0 Å². The smallest absolute Gasteiger partial charge is 0.0125 e. The highest BCUT2D eigenvalue weighted by molar-refractivity contribution is 5.17. The fourth-order valence-corrected chi connectivity index (χ4v) is 5.97. The van der Waals surface area contributed by atoms with E-state index >= 15 is 0 Å².